The highest BCUT2D eigenvalue weighted by molar-refractivity contribution is 5.96. The Hall–Kier alpha value is -1.31. The van der Waals surface area contributed by atoms with E-state index in [2.05, 4.69) is 48.5 Å². The molecular formula is C36H64O2. The number of hydrogen-bond donors (Lipinski definition) is 1. The van der Waals surface area contributed by atoms with E-state index in [-0.39, 0.29) is 16.6 Å². The number of ketones is 1. The van der Waals surface area contributed by atoms with Crippen molar-refractivity contribution in [3.05, 3.63) is 28.8 Å². The van der Waals surface area contributed by atoms with E-state index >= 15 is 0 Å². The highest BCUT2D eigenvalue weighted by Crippen LogP contribution is 2.40. The van der Waals surface area contributed by atoms with E-state index in [1.807, 2.05) is 12.1 Å². The van der Waals surface area contributed by atoms with Gasteiger partial charge in [0.25, 0.3) is 0 Å². The Kier molecular flexibility index (Phi) is 17.3. The van der Waals surface area contributed by atoms with Crippen LogP contribution in [0.25, 0.3) is 0 Å². The zero-order valence-electron chi connectivity index (χ0n) is 26.7. The number of unbranched alkanes of at least 4 members (excludes halogenated alkanes) is 18. The average molecular weight is 529 g/mol. The molecule has 1 aromatic carbocycles. The average Bonchev–Trinajstić information content (AvgIpc) is 2.84. The molecule has 0 unspecified atom stereocenters. The molecule has 0 heterocycles. The SMILES string of the molecule is CCCCCCCCCCCCCCCCCCCCCC(=O)c1cc(C(C)(C)C)c(O)c(C(C)(C)C)c1. The molecule has 0 radical (unpaired) electrons. The van der Waals surface area contributed by atoms with Crippen molar-refractivity contribution in [1.82, 2.24) is 0 Å². The number of aromatic hydroxyl groups is 1. The molecule has 0 fully saturated rings. The molecule has 220 valence electrons. The van der Waals surface area contributed by atoms with Gasteiger partial charge in [-0.1, -0.05) is 164 Å². The number of rotatable bonds is 21. The summed E-state index contributed by atoms with van der Waals surface area (Å²) in [6.07, 6.45) is 26.5. The van der Waals surface area contributed by atoms with Gasteiger partial charge in [0.1, 0.15) is 5.75 Å². The molecular weight excluding hydrogens is 464 g/mol. The summed E-state index contributed by atoms with van der Waals surface area (Å²) in [7, 11) is 0. The van der Waals surface area contributed by atoms with Crippen LogP contribution in [0.15, 0.2) is 12.1 Å². The van der Waals surface area contributed by atoms with Crippen molar-refractivity contribution in [2.75, 3.05) is 0 Å². The van der Waals surface area contributed by atoms with Gasteiger partial charge in [-0.05, 0) is 29.4 Å². The van der Waals surface area contributed by atoms with Gasteiger partial charge in [-0.2, -0.15) is 0 Å². The lowest BCUT2D eigenvalue weighted by atomic mass is 9.78. The van der Waals surface area contributed by atoms with Gasteiger partial charge < -0.3 is 5.11 Å². The van der Waals surface area contributed by atoms with Crippen LogP contribution in [-0.4, -0.2) is 10.9 Å². The second kappa shape index (κ2) is 18.9. The van der Waals surface area contributed by atoms with Crippen molar-refractivity contribution >= 4 is 5.78 Å². The summed E-state index contributed by atoms with van der Waals surface area (Å²) in [6, 6.07) is 3.87. The van der Waals surface area contributed by atoms with E-state index in [0.717, 1.165) is 29.5 Å². The van der Waals surface area contributed by atoms with Gasteiger partial charge in [-0.15, -0.1) is 0 Å². The van der Waals surface area contributed by atoms with Gasteiger partial charge in [0.2, 0.25) is 0 Å². The number of hydrogen-bond acceptors (Lipinski definition) is 2. The van der Waals surface area contributed by atoms with Gasteiger partial charge >= 0.3 is 0 Å². The van der Waals surface area contributed by atoms with Crippen LogP contribution in [0, 0.1) is 0 Å². The van der Waals surface area contributed by atoms with Gasteiger partial charge in [0.15, 0.2) is 5.78 Å². The zero-order valence-corrected chi connectivity index (χ0v) is 26.7. The Bertz CT molecular complexity index is 728. The highest BCUT2D eigenvalue weighted by atomic mass is 16.3. The largest absolute Gasteiger partial charge is 0.507 e. The van der Waals surface area contributed by atoms with Crippen molar-refractivity contribution in [2.45, 2.75) is 188 Å². The summed E-state index contributed by atoms with van der Waals surface area (Å²) >= 11 is 0. The van der Waals surface area contributed by atoms with Crippen LogP contribution in [0.2, 0.25) is 0 Å². The minimum absolute atomic E-state index is 0.201. The number of carbonyl (C=O) groups excluding carboxylic acids is 1. The van der Waals surface area contributed by atoms with Crippen LogP contribution in [0.5, 0.6) is 5.75 Å². The highest BCUT2D eigenvalue weighted by Gasteiger charge is 2.27. The smallest absolute Gasteiger partial charge is 0.162 e. The number of carbonyl (C=O) groups is 1. The molecule has 0 aliphatic heterocycles. The fourth-order valence-electron chi connectivity index (χ4n) is 5.45. The summed E-state index contributed by atoms with van der Waals surface area (Å²) in [6.45, 7) is 14.9. The fourth-order valence-corrected chi connectivity index (χ4v) is 5.45. The molecule has 0 saturated heterocycles. The van der Waals surface area contributed by atoms with E-state index in [1.54, 1.807) is 0 Å². The Balaban J connectivity index is 2.13. The van der Waals surface area contributed by atoms with Crippen LogP contribution in [0.3, 0.4) is 0 Å². The number of benzene rings is 1. The summed E-state index contributed by atoms with van der Waals surface area (Å²) in [5, 5.41) is 10.9. The van der Waals surface area contributed by atoms with Crippen molar-refractivity contribution in [2.24, 2.45) is 0 Å². The fraction of sp³-hybridized carbons (Fsp3) is 0.806. The van der Waals surface area contributed by atoms with Crippen LogP contribution in [0.4, 0.5) is 0 Å². The van der Waals surface area contributed by atoms with Crippen molar-refractivity contribution in [1.29, 1.82) is 0 Å². The van der Waals surface area contributed by atoms with Gasteiger partial charge in [-0.25, -0.2) is 0 Å². The van der Waals surface area contributed by atoms with Crippen LogP contribution >= 0.6 is 0 Å². The van der Waals surface area contributed by atoms with Crippen molar-refractivity contribution < 1.29 is 9.90 Å². The zero-order chi connectivity index (χ0) is 28.4. The molecule has 1 aromatic rings. The molecule has 0 spiro atoms. The van der Waals surface area contributed by atoms with Crippen LogP contribution in [-0.2, 0) is 10.8 Å². The van der Waals surface area contributed by atoms with E-state index in [1.165, 1.54) is 109 Å². The Labute approximate surface area is 237 Å². The predicted octanol–water partition coefficient (Wildman–Crippen LogP) is 12.0. The molecule has 1 rings (SSSR count). The van der Waals surface area contributed by atoms with Crippen molar-refractivity contribution in [3.63, 3.8) is 0 Å². The third-order valence-corrected chi connectivity index (χ3v) is 8.06. The maximum atomic E-state index is 13.0. The van der Waals surface area contributed by atoms with Gasteiger partial charge in [-0.3, -0.25) is 4.79 Å². The van der Waals surface area contributed by atoms with E-state index in [9.17, 15) is 9.90 Å². The first-order valence-electron chi connectivity index (χ1n) is 16.4. The van der Waals surface area contributed by atoms with Gasteiger partial charge in [0.05, 0.1) is 0 Å². The minimum atomic E-state index is -0.201. The molecule has 0 aromatic heterocycles. The molecule has 0 aliphatic rings. The summed E-state index contributed by atoms with van der Waals surface area (Å²) in [5.41, 5.74) is 2.12. The lowest BCUT2D eigenvalue weighted by Gasteiger charge is -2.28. The second-order valence-corrected chi connectivity index (χ2v) is 14.0. The van der Waals surface area contributed by atoms with E-state index < -0.39 is 0 Å². The summed E-state index contributed by atoms with van der Waals surface area (Å²) < 4.78 is 0. The summed E-state index contributed by atoms with van der Waals surface area (Å²) in [5.74, 6) is 0.568. The molecule has 0 amide bonds. The molecule has 0 atom stereocenters. The quantitative estimate of drug-likeness (QED) is 0.127. The second-order valence-electron chi connectivity index (χ2n) is 14.0. The molecule has 1 N–H and O–H groups in total. The third-order valence-electron chi connectivity index (χ3n) is 8.06. The number of phenols is 1. The van der Waals surface area contributed by atoms with E-state index in [4.69, 9.17) is 0 Å². The first-order valence-corrected chi connectivity index (χ1v) is 16.4. The topological polar surface area (TPSA) is 37.3 Å². The Morgan fingerprint density at radius 3 is 1.13 bits per heavy atom. The maximum absolute atomic E-state index is 13.0. The minimum Gasteiger partial charge on any atom is -0.507 e. The summed E-state index contributed by atoms with van der Waals surface area (Å²) in [4.78, 5) is 13.0. The molecule has 0 aliphatic carbocycles. The third kappa shape index (κ3) is 14.7. The first kappa shape index (κ1) is 34.7. The molecule has 2 heteroatoms. The number of phenolic OH excluding ortho intramolecular Hbond substituents is 1. The normalized spacial score (nSPS) is 12.3. The lowest BCUT2D eigenvalue weighted by Crippen LogP contribution is -2.18. The monoisotopic (exact) mass is 528 g/mol. The van der Waals surface area contributed by atoms with Crippen LogP contribution in [0.1, 0.15) is 198 Å². The molecule has 2 nitrogen and oxygen atoms in total. The molecule has 0 bridgehead atoms. The molecule has 38 heavy (non-hydrogen) atoms. The maximum Gasteiger partial charge on any atom is 0.162 e. The van der Waals surface area contributed by atoms with Crippen LogP contribution < -0.4 is 0 Å². The lowest BCUT2D eigenvalue weighted by molar-refractivity contribution is 0.0978. The van der Waals surface area contributed by atoms with E-state index in [0.29, 0.717) is 12.2 Å². The van der Waals surface area contributed by atoms with Gasteiger partial charge in [0, 0.05) is 23.1 Å². The molecule has 0 saturated carbocycles. The number of Topliss-reactive ketones (excluding diaryl/α,β-unsaturated/α-hetero) is 1. The Morgan fingerprint density at radius 2 is 0.842 bits per heavy atom. The standard InChI is InChI=1S/C36H64O2/c1-8-9-10-11-12-13-14-15-16-17-18-19-20-21-22-23-24-25-26-27-33(37)30-28-31(35(2,3)4)34(38)32(29-30)36(5,6)7/h28-29,38H,8-27H2,1-7H3. The Morgan fingerprint density at radius 1 is 0.553 bits per heavy atom. The predicted molar refractivity (Wildman–Crippen MR) is 168 cm³/mol. The first-order chi connectivity index (χ1) is 18.0. The van der Waals surface area contributed by atoms with Crippen molar-refractivity contribution in [3.8, 4) is 5.75 Å².